The fourth-order valence-corrected chi connectivity index (χ4v) is 3.50. The summed E-state index contributed by atoms with van der Waals surface area (Å²) < 4.78 is 12.5. The van der Waals surface area contributed by atoms with Crippen molar-refractivity contribution in [3.63, 3.8) is 0 Å². The van der Waals surface area contributed by atoms with E-state index in [0.717, 1.165) is 40.5 Å². The molecule has 0 saturated heterocycles. The lowest BCUT2D eigenvalue weighted by Crippen LogP contribution is -2.21. The Morgan fingerprint density at radius 3 is 2.70 bits per heavy atom. The molecule has 2 N–H and O–H groups in total. The van der Waals surface area contributed by atoms with E-state index in [9.17, 15) is 5.11 Å². The van der Waals surface area contributed by atoms with Gasteiger partial charge in [0.1, 0.15) is 5.52 Å². The van der Waals surface area contributed by atoms with Gasteiger partial charge in [0.2, 0.25) is 5.89 Å². The van der Waals surface area contributed by atoms with Gasteiger partial charge in [-0.1, -0.05) is 22.0 Å². The maximum Gasteiger partial charge on any atom is 0.223 e. The fraction of sp³-hybridized carbons (Fsp3) is 0.476. The molecule has 0 radical (unpaired) electrons. The molecule has 1 aromatic heterocycles. The van der Waals surface area contributed by atoms with Crippen molar-refractivity contribution in [2.75, 3.05) is 13.2 Å². The minimum Gasteiger partial charge on any atom is -0.436 e. The van der Waals surface area contributed by atoms with E-state index < -0.39 is 5.60 Å². The van der Waals surface area contributed by atoms with Crippen molar-refractivity contribution in [1.82, 2.24) is 10.3 Å². The number of benzene rings is 1. The van der Waals surface area contributed by atoms with Crippen LogP contribution >= 0.6 is 15.9 Å². The van der Waals surface area contributed by atoms with Crippen molar-refractivity contribution in [3.8, 4) is 0 Å². The third-order valence-electron chi connectivity index (χ3n) is 4.44. The average molecular weight is 435 g/mol. The number of aliphatic hydroxyl groups is 1. The minimum atomic E-state index is -1.01. The second-order valence-corrected chi connectivity index (χ2v) is 8.53. The monoisotopic (exact) mass is 434 g/mol. The number of nitrogens with zero attached hydrogens (tertiary/aromatic N) is 1. The van der Waals surface area contributed by atoms with Gasteiger partial charge in [-0.2, -0.15) is 0 Å². The summed E-state index contributed by atoms with van der Waals surface area (Å²) in [5.74, 6) is 0.618. The number of fused-ring (bicyclic) bond motifs is 1. The standard InChI is InChI=1S/C21H27BrN2O3/c1-13(2)26-10-9-23-16-7-5-14(6-8-16)20-24-18-12-15(22)11-17(19(18)27-20)21(3,4)25/h5,7,11-13,23,25H,6,8-10H2,1-4H3. The number of aromatic nitrogens is 1. The third-order valence-corrected chi connectivity index (χ3v) is 4.90. The van der Waals surface area contributed by atoms with Gasteiger partial charge in [0, 0.05) is 27.9 Å². The number of rotatable bonds is 7. The lowest BCUT2D eigenvalue weighted by Gasteiger charge is -2.18. The number of hydrogen-bond donors (Lipinski definition) is 2. The smallest absolute Gasteiger partial charge is 0.223 e. The van der Waals surface area contributed by atoms with Gasteiger partial charge in [-0.05, 0) is 58.7 Å². The molecule has 27 heavy (non-hydrogen) atoms. The average Bonchev–Trinajstić information content (AvgIpc) is 3.01. The maximum absolute atomic E-state index is 10.5. The third kappa shape index (κ3) is 5.00. The topological polar surface area (TPSA) is 67.5 Å². The summed E-state index contributed by atoms with van der Waals surface area (Å²) in [4.78, 5) is 4.65. The maximum atomic E-state index is 10.5. The van der Waals surface area contributed by atoms with Crippen LogP contribution in [0, 0.1) is 0 Å². The van der Waals surface area contributed by atoms with Crippen LogP contribution in [0.1, 0.15) is 52.0 Å². The van der Waals surface area contributed by atoms with Crippen LogP contribution in [-0.4, -0.2) is 29.3 Å². The largest absolute Gasteiger partial charge is 0.436 e. The molecule has 2 aromatic rings. The molecular formula is C21H27BrN2O3. The quantitative estimate of drug-likeness (QED) is 0.606. The molecular weight excluding hydrogens is 408 g/mol. The highest BCUT2D eigenvalue weighted by atomic mass is 79.9. The van der Waals surface area contributed by atoms with Gasteiger partial charge in [-0.15, -0.1) is 0 Å². The Morgan fingerprint density at radius 1 is 1.30 bits per heavy atom. The molecule has 0 saturated carbocycles. The van der Waals surface area contributed by atoms with Gasteiger partial charge in [0.15, 0.2) is 5.58 Å². The lowest BCUT2D eigenvalue weighted by molar-refractivity contribution is 0.0790. The van der Waals surface area contributed by atoms with E-state index in [1.165, 1.54) is 5.70 Å². The molecule has 0 bridgehead atoms. The second-order valence-electron chi connectivity index (χ2n) is 7.61. The first kappa shape index (κ1) is 20.1. The van der Waals surface area contributed by atoms with Crippen molar-refractivity contribution in [1.29, 1.82) is 0 Å². The van der Waals surface area contributed by atoms with Gasteiger partial charge < -0.3 is 19.6 Å². The Hall–Kier alpha value is -1.63. The number of halogens is 1. The van der Waals surface area contributed by atoms with Gasteiger partial charge >= 0.3 is 0 Å². The van der Waals surface area contributed by atoms with Crippen LogP contribution in [-0.2, 0) is 10.3 Å². The van der Waals surface area contributed by atoms with Crippen molar-refractivity contribution in [3.05, 3.63) is 45.9 Å². The zero-order chi connectivity index (χ0) is 19.6. The molecule has 3 rings (SSSR count). The number of oxazole rings is 1. The molecule has 0 atom stereocenters. The molecule has 1 aliphatic carbocycles. The number of allylic oxidation sites excluding steroid dienone is 4. The van der Waals surface area contributed by atoms with Crippen LogP contribution < -0.4 is 5.32 Å². The molecule has 0 aliphatic heterocycles. The predicted octanol–water partition coefficient (Wildman–Crippen LogP) is 4.89. The van der Waals surface area contributed by atoms with Gasteiger partial charge in [-0.3, -0.25) is 0 Å². The molecule has 1 heterocycles. The van der Waals surface area contributed by atoms with Crippen molar-refractivity contribution in [2.24, 2.45) is 0 Å². The van der Waals surface area contributed by atoms with Crippen molar-refractivity contribution in [2.45, 2.75) is 52.2 Å². The lowest BCUT2D eigenvalue weighted by atomic mass is 9.98. The minimum absolute atomic E-state index is 0.256. The normalized spacial score (nSPS) is 15.2. The van der Waals surface area contributed by atoms with E-state index >= 15 is 0 Å². The first-order valence-electron chi connectivity index (χ1n) is 9.32. The first-order valence-corrected chi connectivity index (χ1v) is 10.1. The molecule has 0 spiro atoms. The van der Waals surface area contributed by atoms with Crippen molar-refractivity contribution >= 4 is 32.6 Å². The highest BCUT2D eigenvalue weighted by Gasteiger charge is 2.24. The molecule has 6 heteroatoms. The summed E-state index contributed by atoms with van der Waals surface area (Å²) in [5.41, 5.74) is 3.37. The molecule has 0 fully saturated rings. The molecule has 1 aromatic carbocycles. The van der Waals surface area contributed by atoms with Crippen LogP contribution in [0.5, 0.6) is 0 Å². The summed E-state index contributed by atoms with van der Waals surface area (Å²) in [6.45, 7) is 9.08. The van der Waals surface area contributed by atoms with Crippen LogP contribution in [0.4, 0.5) is 0 Å². The van der Waals surface area contributed by atoms with Gasteiger partial charge in [-0.25, -0.2) is 4.98 Å². The van der Waals surface area contributed by atoms with E-state index in [0.29, 0.717) is 18.1 Å². The second kappa shape index (κ2) is 8.17. The number of hydrogen-bond acceptors (Lipinski definition) is 5. The predicted molar refractivity (Wildman–Crippen MR) is 111 cm³/mol. The fourth-order valence-electron chi connectivity index (χ4n) is 3.06. The number of ether oxygens (including phenoxy) is 1. The zero-order valence-electron chi connectivity index (χ0n) is 16.3. The Balaban J connectivity index is 1.78. The van der Waals surface area contributed by atoms with Crippen LogP contribution in [0.3, 0.4) is 0 Å². The summed E-state index contributed by atoms with van der Waals surface area (Å²) >= 11 is 3.49. The highest BCUT2D eigenvalue weighted by Crippen LogP contribution is 2.35. The van der Waals surface area contributed by atoms with Gasteiger partial charge in [0.05, 0.1) is 18.3 Å². The van der Waals surface area contributed by atoms with Crippen LogP contribution in [0.15, 0.2) is 38.9 Å². The molecule has 1 aliphatic rings. The Bertz CT molecular complexity index is 875. The van der Waals surface area contributed by atoms with E-state index in [1.807, 2.05) is 26.0 Å². The van der Waals surface area contributed by atoms with Crippen LogP contribution in [0.25, 0.3) is 16.7 Å². The van der Waals surface area contributed by atoms with E-state index in [2.05, 4.69) is 38.4 Å². The molecule has 0 amide bonds. The Labute approximate surface area is 168 Å². The zero-order valence-corrected chi connectivity index (χ0v) is 17.9. The first-order chi connectivity index (χ1) is 12.7. The van der Waals surface area contributed by atoms with E-state index in [4.69, 9.17) is 9.15 Å². The number of nitrogens with one attached hydrogen (secondary N) is 1. The molecule has 146 valence electrons. The van der Waals surface area contributed by atoms with E-state index in [-0.39, 0.29) is 6.10 Å². The SMILES string of the molecule is CC(C)OCCNC1=CC=C(c2nc3cc(Br)cc(C(C)(C)O)c3o2)CC1. The summed E-state index contributed by atoms with van der Waals surface area (Å²) in [6, 6.07) is 3.80. The molecule has 5 nitrogen and oxygen atoms in total. The van der Waals surface area contributed by atoms with Crippen LogP contribution in [0.2, 0.25) is 0 Å². The summed E-state index contributed by atoms with van der Waals surface area (Å²) in [7, 11) is 0. The van der Waals surface area contributed by atoms with Crippen molar-refractivity contribution < 1.29 is 14.3 Å². The molecule has 0 unspecified atom stereocenters. The Morgan fingerprint density at radius 2 is 2.07 bits per heavy atom. The van der Waals surface area contributed by atoms with E-state index in [1.54, 1.807) is 13.8 Å². The van der Waals surface area contributed by atoms with Gasteiger partial charge in [0.25, 0.3) is 0 Å². The highest BCUT2D eigenvalue weighted by molar-refractivity contribution is 9.10. The summed E-state index contributed by atoms with van der Waals surface area (Å²) in [6.07, 6.45) is 6.16. The Kier molecular flexibility index (Phi) is 6.08. The summed E-state index contributed by atoms with van der Waals surface area (Å²) in [5, 5.41) is 13.9.